The highest BCUT2D eigenvalue weighted by atomic mass is 16.7. The van der Waals surface area contributed by atoms with Crippen LogP contribution in [0.3, 0.4) is 0 Å². The van der Waals surface area contributed by atoms with Gasteiger partial charge >= 0.3 is 29.6 Å². The van der Waals surface area contributed by atoms with Crippen molar-refractivity contribution in [3.05, 3.63) is 33.9 Å². The van der Waals surface area contributed by atoms with Crippen LogP contribution in [-0.2, 0) is 49.5 Å². The summed E-state index contributed by atoms with van der Waals surface area (Å²) in [6, 6.07) is 3.53. The van der Waals surface area contributed by atoms with Crippen LogP contribution in [0.5, 0.6) is 5.75 Å². The van der Waals surface area contributed by atoms with Crippen LogP contribution in [0.25, 0.3) is 0 Å². The molecule has 14 heteroatoms. The van der Waals surface area contributed by atoms with Gasteiger partial charge in [-0.3, -0.25) is 24.5 Å². The molecule has 0 unspecified atom stereocenters. The van der Waals surface area contributed by atoms with Gasteiger partial charge in [-0.05, 0) is 11.6 Å². The minimum absolute atomic E-state index is 0.209. The number of hydrogen-bond donors (Lipinski definition) is 1. The van der Waals surface area contributed by atoms with Gasteiger partial charge in [0.2, 0.25) is 12.4 Å². The van der Waals surface area contributed by atoms with E-state index < -0.39 is 71.8 Å². The highest BCUT2D eigenvalue weighted by molar-refractivity contribution is 5.77. The third kappa shape index (κ3) is 6.39. The summed E-state index contributed by atoms with van der Waals surface area (Å²) in [5.41, 5.74) is -0.363. The number of nitrogens with zero attached hydrogens (tertiary/aromatic N) is 1. The van der Waals surface area contributed by atoms with Crippen molar-refractivity contribution in [3.8, 4) is 5.75 Å². The van der Waals surface area contributed by atoms with Gasteiger partial charge in [0.15, 0.2) is 24.1 Å². The predicted molar refractivity (Wildman–Crippen MR) is 107 cm³/mol. The SMILES string of the molecule is COC(=O)[C@@H]1O[C@@H](Oc2ccc(CO)cc2[N+](=O)[O-])[C@H](OC(C)=O)[C@@H](OC(C)=O)[C@@H]1OC(C)=O. The normalized spacial score (nSPS) is 23.9. The molecule has 0 spiro atoms. The molecule has 1 aromatic rings. The number of nitro groups is 1. The van der Waals surface area contributed by atoms with Crippen molar-refractivity contribution in [2.75, 3.05) is 7.11 Å². The molecule has 1 fully saturated rings. The molecule has 1 aliphatic rings. The van der Waals surface area contributed by atoms with E-state index in [1.807, 2.05) is 0 Å². The van der Waals surface area contributed by atoms with E-state index in [9.17, 15) is 34.4 Å². The van der Waals surface area contributed by atoms with Crippen molar-refractivity contribution < 1.29 is 57.6 Å². The average Bonchev–Trinajstić information content (AvgIpc) is 2.76. The number of rotatable bonds is 8. The fourth-order valence-corrected chi connectivity index (χ4v) is 3.20. The van der Waals surface area contributed by atoms with Crippen molar-refractivity contribution in [3.63, 3.8) is 0 Å². The Labute approximate surface area is 192 Å². The summed E-state index contributed by atoms with van der Waals surface area (Å²) in [6.45, 7) is 2.58. The number of aliphatic hydroxyl groups is 1. The van der Waals surface area contributed by atoms with E-state index in [4.69, 9.17) is 23.7 Å². The summed E-state index contributed by atoms with van der Waals surface area (Å²) in [6.07, 6.45) is -8.30. The van der Waals surface area contributed by atoms with E-state index in [0.29, 0.717) is 0 Å². The van der Waals surface area contributed by atoms with Gasteiger partial charge in [0.25, 0.3) is 0 Å². The van der Waals surface area contributed by atoms with Crippen LogP contribution >= 0.6 is 0 Å². The van der Waals surface area contributed by atoms with Gasteiger partial charge in [0.05, 0.1) is 18.6 Å². The Morgan fingerprint density at radius 3 is 2.06 bits per heavy atom. The molecule has 0 bridgehead atoms. The Balaban J connectivity index is 2.58. The number of methoxy groups -OCH3 is 1. The van der Waals surface area contributed by atoms with E-state index >= 15 is 0 Å². The highest BCUT2D eigenvalue weighted by Crippen LogP contribution is 2.35. The Bertz CT molecular complexity index is 962. The number of benzene rings is 1. The summed E-state index contributed by atoms with van der Waals surface area (Å²) in [5.74, 6) is -4.08. The minimum Gasteiger partial charge on any atom is -0.467 e. The number of ether oxygens (including phenoxy) is 6. The van der Waals surface area contributed by atoms with E-state index in [2.05, 4.69) is 4.74 Å². The lowest BCUT2D eigenvalue weighted by atomic mass is 9.97. The second-order valence-electron chi connectivity index (χ2n) is 7.01. The molecule has 1 aromatic carbocycles. The van der Waals surface area contributed by atoms with Crippen molar-refractivity contribution in [2.24, 2.45) is 0 Å². The Hall–Kier alpha value is -3.78. The quantitative estimate of drug-likeness (QED) is 0.227. The van der Waals surface area contributed by atoms with Crippen LogP contribution < -0.4 is 4.74 Å². The zero-order valence-electron chi connectivity index (χ0n) is 18.6. The molecule has 14 nitrogen and oxygen atoms in total. The topological polar surface area (TPSA) is 187 Å². The number of hydrogen-bond acceptors (Lipinski definition) is 13. The van der Waals surface area contributed by atoms with Gasteiger partial charge in [0, 0.05) is 26.8 Å². The monoisotopic (exact) mass is 485 g/mol. The van der Waals surface area contributed by atoms with E-state index in [1.165, 1.54) is 6.07 Å². The second-order valence-corrected chi connectivity index (χ2v) is 7.01. The molecule has 5 atom stereocenters. The van der Waals surface area contributed by atoms with Crippen LogP contribution in [0.4, 0.5) is 5.69 Å². The standard InChI is InChI=1S/C20H23NO13/c1-9(23)30-15-16(31-10(2)24)18(32-11(3)25)20(34-17(15)19(26)29-4)33-14-6-5-12(8-22)7-13(14)21(27)28/h5-7,15-18,20,22H,8H2,1-4H3/t15-,16-,17+,18+,20+/m0/s1. The summed E-state index contributed by atoms with van der Waals surface area (Å²) >= 11 is 0. The second kappa shape index (κ2) is 11.4. The fraction of sp³-hybridized carbons (Fsp3) is 0.500. The first kappa shape index (κ1) is 26.5. The van der Waals surface area contributed by atoms with Crippen molar-refractivity contribution in [1.82, 2.24) is 0 Å². The van der Waals surface area contributed by atoms with E-state index in [1.54, 1.807) is 0 Å². The summed E-state index contributed by atoms with van der Waals surface area (Å²) in [7, 11) is 1.02. The molecule has 0 radical (unpaired) electrons. The first-order valence-electron chi connectivity index (χ1n) is 9.78. The molecule has 0 saturated carbocycles. The molecule has 34 heavy (non-hydrogen) atoms. The molecule has 0 amide bonds. The van der Waals surface area contributed by atoms with Gasteiger partial charge in [-0.15, -0.1) is 0 Å². The molecule has 0 aliphatic carbocycles. The van der Waals surface area contributed by atoms with Crippen molar-refractivity contribution in [2.45, 2.75) is 58.1 Å². The van der Waals surface area contributed by atoms with E-state index in [0.717, 1.165) is 40.0 Å². The lowest BCUT2D eigenvalue weighted by molar-refractivity contribution is -0.387. The van der Waals surface area contributed by atoms with Crippen LogP contribution in [0, 0.1) is 10.1 Å². The summed E-state index contributed by atoms with van der Waals surface area (Å²) in [4.78, 5) is 58.4. The molecule has 1 saturated heterocycles. The molecular weight excluding hydrogens is 462 g/mol. The average molecular weight is 485 g/mol. The number of carbonyl (C=O) groups excluding carboxylic acids is 4. The molecule has 1 N–H and O–H groups in total. The molecule has 1 heterocycles. The molecule has 0 aromatic heterocycles. The van der Waals surface area contributed by atoms with Crippen molar-refractivity contribution in [1.29, 1.82) is 0 Å². The third-order valence-corrected chi connectivity index (χ3v) is 4.48. The zero-order valence-corrected chi connectivity index (χ0v) is 18.6. The van der Waals surface area contributed by atoms with Gasteiger partial charge in [-0.1, -0.05) is 6.07 Å². The maximum atomic E-state index is 12.4. The first-order valence-corrected chi connectivity index (χ1v) is 9.78. The van der Waals surface area contributed by atoms with Crippen LogP contribution in [0.15, 0.2) is 18.2 Å². The number of esters is 4. The summed E-state index contributed by atoms with van der Waals surface area (Å²) in [5, 5.41) is 20.8. The van der Waals surface area contributed by atoms with E-state index in [-0.39, 0.29) is 11.3 Å². The zero-order chi connectivity index (χ0) is 25.6. The van der Waals surface area contributed by atoms with Crippen LogP contribution in [-0.4, -0.2) is 71.7 Å². The van der Waals surface area contributed by atoms with Gasteiger partial charge in [-0.25, -0.2) is 4.79 Å². The Morgan fingerprint density at radius 1 is 1.00 bits per heavy atom. The molecular formula is C20H23NO13. The minimum atomic E-state index is -1.75. The molecule has 186 valence electrons. The number of nitro benzene ring substituents is 1. The van der Waals surface area contributed by atoms with Gasteiger partial charge < -0.3 is 33.5 Å². The summed E-state index contributed by atoms with van der Waals surface area (Å²) < 4.78 is 31.3. The van der Waals surface area contributed by atoms with Crippen molar-refractivity contribution >= 4 is 29.6 Å². The van der Waals surface area contributed by atoms with Crippen LogP contribution in [0.1, 0.15) is 26.3 Å². The lowest BCUT2D eigenvalue weighted by Gasteiger charge is -2.42. The number of carbonyl (C=O) groups is 4. The van der Waals surface area contributed by atoms with Gasteiger partial charge in [0.1, 0.15) is 0 Å². The lowest BCUT2D eigenvalue weighted by Crippen LogP contribution is -2.64. The molecule has 1 aliphatic heterocycles. The van der Waals surface area contributed by atoms with Crippen LogP contribution in [0.2, 0.25) is 0 Å². The number of aliphatic hydroxyl groups excluding tert-OH is 1. The maximum Gasteiger partial charge on any atom is 0.339 e. The predicted octanol–water partition coefficient (Wildman–Crippen LogP) is 0.159. The maximum absolute atomic E-state index is 12.4. The largest absolute Gasteiger partial charge is 0.467 e. The Kier molecular flexibility index (Phi) is 8.86. The third-order valence-electron chi connectivity index (χ3n) is 4.48. The molecule has 2 rings (SSSR count). The Morgan fingerprint density at radius 2 is 1.56 bits per heavy atom. The smallest absolute Gasteiger partial charge is 0.339 e. The fourth-order valence-electron chi connectivity index (χ4n) is 3.20. The van der Waals surface area contributed by atoms with Gasteiger partial charge in [-0.2, -0.15) is 0 Å². The first-order chi connectivity index (χ1) is 16.0. The highest BCUT2D eigenvalue weighted by Gasteiger charge is 2.56.